The van der Waals surface area contributed by atoms with Gasteiger partial charge in [0.2, 0.25) is 0 Å². The van der Waals surface area contributed by atoms with E-state index < -0.39 is 10.8 Å². The lowest BCUT2D eigenvalue weighted by Gasteiger charge is -2.40. The summed E-state index contributed by atoms with van der Waals surface area (Å²) < 4.78 is 0. The zero-order chi connectivity index (χ0) is 81.6. The number of hydrogen-bond acceptors (Lipinski definition) is 9. The van der Waals surface area contributed by atoms with Crippen LogP contribution in [0.15, 0.2) is 438 Å². The number of aromatic nitrogens is 7. The molecule has 15 aromatic carbocycles. The summed E-state index contributed by atoms with van der Waals surface area (Å²) in [5.74, 6) is 0. The van der Waals surface area contributed by atoms with Gasteiger partial charge in [0.05, 0.1) is 78.4 Å². The molecule has 124 heavy (non-hydrogen) atoms. The van der Waals surface area contributed by atoms with Crippen molar-refractivity contribution in [3.8, 4) is 112 Å². The van der Waals surface area contributed by atoms with Crippen LogP contribution in [0.4, 0.5) is 0 Å². The lowest BCUT2D eigenvalue weighted by Crippen LogP contribution is -2.32. The van der Waals surface area contributed by atoms with Crippen molar-refractivity contribution in [3.05, 3.63) is 463 Å². The molecule has 0 saturated carbocycles. The summed E-state index contributed by atoms with van der Waals surface area (Å²) in [4.78, 5) is 40.6. The molecule has 2 aliphatic carbocycles. The van der Waals surface area contributed by atoms with Crippen LogP contribution in [0, 0.1) is 0 Å². The second-order valence-electron chi connectivity index (χ2n) is 32.3. The lowest BCUT2D eigenvalue weighted by atomic mass is 9.66. The summed E-state index contributed by atoms with van der Waals surface area (Å²) in [6, 6.07) is 147. The van der Waals surface area contributed by atoms with Gasteiger partial charge in [-0.05, 0) is 174 Å². The normalized spacial score (nSPS) is 13.2. The Labute approximate surface area is 724 Å². The number of para-hydroxylation sites is 2. The third-order valence-electron chi connectivity index (χ3n) is 25.8. The molecule has 0 amide bonds. The molecule has 9 heterocycles. The van der Waals surface area contributed by atoms with Crippen LogP contribution in [-0.4, -0.2) is 34.9 Å². The predicted molar refractivity (Wildman–Crippen MR) is 509 cm³/mol. The predicted octanol–water partition coefficient (Wildman–Crippen LogP) is 29.0. The topological polar surface area (TPSA) is 90.2 Å². The van der Waals surface area contributed by atoms with Crippen LogP contribution >= 0.6 is 23.5 Å². The number of fused-ring (bicyclic) bond motifs is 29. The molecule has 0 radical (unpaired) electrons. The van der Waals surface area contributed by atoms with Crippen molar-refractivity contribution in [2.75, 3.05) is 0 Å². The largest absolute Gasteiger partial charge is 0.255 e. The van der Waals surface area contributed by atoms with Crippen LogP contribution in [-0.2, 0) is 10.8 Å². The molecule has 0 fully saturated rings. The smallest absolute Gasteiger partial charge is 0.0972 e. The van der Waals surface area contributed by atoms with Gasteiger partial charge in [0.15, 0.2) is 0 Å². The molecule has 22 aromatic rings. The highest BCUT2D eigenvalue weighted by atomic mass is 32.2. The monoisotopic (exact) mass is 1610 g/mol. The summed E-state index contributed by atoms with van der Waals surface area (Å²) in [5.41, 5.74) is 34.3. The Hall–Kier alpha value is -15.4. The first-order valence-electron chi connectivity index (χ1n) is 42.0. The second-order valence-corrected chi connectivity index (χ2v) is 34.4. The van der Waals surface area contributed by atoms with Gasteiger partial charge < -0.3 is 0 Å². The van der Waals surface area contributed by atoms with Gasteiger partial charge in [0.25, 0.3) is 0 Å². The fourth-order valence-electron chi connectivity index (χ4n) is 20.3. The van der Waals surface area contributed by atoms with Crippen LogP contribution in [0.3, 0.4) is 0 Å². The highest BCUT2D eigenvalue weighted by Crippen LogP contribution is 2.66. The van der Waals surface area contributed by atoms with Gasteiger partial charge >= 0.3 is 0 Å². The summed E-state index contributed by atoms with van der Waals surface area (Å²) in [5, 5.41) is 9.33. The molecule has 26 rings (SSSR count). The molecule has 7 nitrogen and oxygen atoms in total. The molecule has 0 saturated heterocycles. The average molecular weight is 1610 g/mol. The fourth-order valence-corrected chi connectivity index (χ4v) is 23.0. The highest BCUT2D eigenvalue weighted by molar-refractivity contribution is 8.00. The van der Waals surface area contributed by atoms with E-state index in [2.05, 4.69) is 374 Å². The van der Waals surface area contributed by atoms with E-state index in [0.717, 1.165) is 123 Å². The van der Waals surface area contributed by atoms with Crippen molar-refractivity contribution in [1.82, 2.24) is 34.9 Å². The van der Waals surface area contributed by atoms with Crippen molar-refractivity contribution in [1.29, 1.82) is 0 Å². The van der Waals surface area contributed by atoms with Gasteiger partial charge in [0, 0.05) is 97.3 Å². The Morgan fingerprint density at radius 2 is 0.573 bits per heavy atom. The van der Waals surface area contributed by atoms with Gasteiger partial charge in [-0.1, -0.05) is 345 Å². The summed E-state index contributed by atoms with van der Waals surface area (Å²) in [6.07, 6.45) is 3.62. The first kappa shape index (κ1) is 71.5. The van der Waals surface area contributed by atoms with E-state index in [9.17, 15) is 0 Å². The van der Waals surface area contributed by atoms with Crippen molar-refractivity contribution in [2.45, 2.75) is 30.4 Å². The number of pyridine rings is 7. The molecule has 0 atom stereocenters. The number of hydrogen-bond donors (Lipinski definition) is 0. The Morgan fingerprint density at radius 1 is 0.202 bits per heavy atom. The van der Waals surface area contributed by atoms with Gasteiger partial charge in [-0.15, -0.1) is 0 Å². The maximum Gasteiger partial charge on any atom is 0.0972 e. The molecule has 2 spiro atoms. The van der Waals surface area contributed by atoms with Gasteiger partial charge in [0.1, 0.15) is 0 Å². The third-order valence-corrected chi connectivity index (χ3v) is 28.2. The zero-order valence-corrected chi connectivity index (χ0v) is 68.4. The first-order valence-corrected chi connectivity index (χ1v) is 43.7. The minimum atomic E-state index is -0.569. The van der Waals surface area contributed by atoms with E-state index in [1.165, 1.54) is 119 Å². The molecule has 0 N–H and O–H groups in total. The number of benzene rings is 15. The Kier molecular flexibility index (Phi) is 16.5. The van der Waals surface area contributed by atoms with Crippen molar-refractivity contribution < 1.29 is 0 Å². The average Bonchev–Trinajstić information content (AvgIpc) is 1.46. The van der Waals surface area contributed by atoms with Crippen LogP contribution in [0.5, 0.6) is 0 Å². The summed E-state index contributed by atoms with van der Waals surface area (Å²) >= 11 is 3.79. The minimum Gasteiger partial charge on any atom is -0.255 e. The number of rotatable bonds is 8. The van der Waals surface area contributed by atoms with Crippen LogP contribution in [0.25, 0.3) is 177 Å². The molecule has 576 valence electrons. The van der Waals surface area contributed by atoms with E-state index in [1.54, 1.807) is 0 Å². The highest BCUT2D eigenvalue weighted by Gasteiger charge is 2.53. The van der Waals surface area contributed by atoms with Gasteiger partial charge in [-0.2, -0.15) is 0 Å². The zero-order valence-electron chi connectivity index (χ0n) is 66.8. The van der Waals surface area contributed by atoms with Crippen molar-refractivity contribution in [2.24, 2.45) is 0 Å². The standard InChI is InChI=1S/C59H36N4S.C56H33N3S/c1-2-14-39(15-3-1)57-45-29-30-48-58(56(45)44-18-6-9-21-50(44)63-57)64-55-31-28-40(34-49(55)59(48)46-19-7-4-16-42(46)43-17-5-8-20-47(43)59)37-24-26-38(27-25-37)41-35-53(51-22-10-12-32-60-51)62-54(36-41)52-23-11-13-33-61-52;1-3-13-34(14-4-1)47-30-25-36-23-24-37-26-31-48(58-54(37)53(36)57-47)38-27-32-50-46(33-38)56(43-20-10-7-17-39(43)40-18-8-11-21-44(40)56)45-29-28-42-51(55(45)60-50)41-19-9-12-22-49(41)59-52(42)35-15-5-2-6-16-35/h1-36H;1-33H. The Bertz CT molecular complexity index is 8020. The van der Waals surface area contributed by atoms with E-state index >= 15 is 0 Å². The Morgan fingerprint density at radius 3 is 1.02 bits per heavy atom. The fraction of sp³-hybridized carbons (Fsp3) is 0.0174. The molecule has 2 aliphatic heterocycles. The van der Waals surface area contributed by atoms with E-state index in [0.29, 0.717) is 0 Å². The van der Waals surface area contributed by atoms with Crippen LogP contribution < -0.4 is 0 Å². The second kappa shape index (κ2) is 28.7. The molecular formula is C115H69N7S2. The maximum absolute atomic E-state index is 5.44. The van der Waals surface area contributed by atoms with Crippen molar-refractivity contribution in [3.63, 3.8) is 0 Å². The molecule has 4 aliphatic rings. The van der Waals surface area contributed by atoms with E-state index in [1.807, 2.05) is 78.4 Å². The third kappa shape index (κ3) is 11.1. The quantitative estimate of drug-likeness (QED) is 0.138. The molecule has 0 bridgehead atoms. The van der Waals surface area contributed by atoms with E-state index in [4.69, 9.17) is 24.9 Å². The molecule has 7 aromatic heterocycles. The first-order chi connectivity index (χ1) is 61.5. The molecule has 9 heteroatoms. The summed E-state index contributed by atoms with van der Waals surface area (Å²) in [6.45, 7) is 0. The van der Waals surface area contributed by atoms with Crippen LogP contribution in [0.1, 0.15) is 44.5 Å². The minimum absolute atomic E-state index is 0.550. The van der Waals surface area contributed by atoms with Gasteiger partial charge in [-0.3, -0.25) is 9.97 Å². The van der Waals surface area contributed by atoms with Crippen LogP contribution in [0.2, 0.25) is 0 Å². The maximum atomic E-state index is 5.44. The molecular weight excluding hydrogens is 1540 g/mol. The van der Waals surface area contributed by atoms with E-state index in [-0.39, 0.29) is 0 Å². The van der Waals surface area contributed by atoms with Gasteiger partial charge in [-0.25, -0.2) is 24.9 Å². The Balaban J connectivity index is 0.000000136. The van der Waals surface area contributed by atoms with Crippen molar-refractivity contribution >= 4 is 88.7 Å². The number of nitrogens with zero attached hydrogens (tertiary/aromatic N) is 7. The SMILES string of the molecule is c1ccc(-c2ccc3ccc4ccc(-c5ccc6c(c5)C5(c7ccccc7-c7ccccc75)c5ccc7c(-c8ccccc8)nc8ccccc8c7c5S6)nc4c3n2)cc1.c1ccc(-c2nc3ccccc3c3c4c(ccc23)C2(c3cc(-c5ccc(-c6cc(-c7ccccn7)nc(-c7ccccn7)c6)cc5)ccc3S4)c3ccccc3-c3ccccc32)cc1. The lowest BCUT2D eigenvalue weighted by molar-refractivity contribution is 0.726. The summed E-state index contributed by atoms with van der Waals surface area (Å²) in [7, 11) is 0. The molecule has 0 unspecified atom stereocenters.